The molecule has 1 aromatic carbocycles. The van der Waals surface area contributed by atoms with Crippen molar-refractivity contribution in [2.24, 2.45) is 0 Å². The van der Waals surface area contributed by atoms with E-state index in [0.717, 1.165) is 17.8 Å². The van der Waals surface area contributed by atoms with Crippen LogP contribution in [0.1, 0.15) is 29.3 Å². The maximum Gasteiger partial charge on any atom is 0.419 e. The maximum atomic E-state index is 14.4. The molecule has 3 N–H and O–H groups in total. The van der Waals surface area contributed by atoms with E-state index in [9.17, 15) is 22.4 Å². The molecule has 0 fully saturated rings. The highest BCUT2D eigenvalue weighted by Crippen LogP contribution is 2.34. The van der Waals surface area contributed by atoms with E-state index >= 15 is 0 Å². The molecule has 0 saturated heterocycles. The van der Waals surface area contributed by atoms with E-state index in [0.29, 0.717) is 24.0 Å². The Balaban J connectivity index is 1.62. The van der Waals surface area contributed by atoms with Crippen molar-refractivity contribution in [1.82, 2.24) is 26.1 Å². The number of hydrogen-bond acceptors (Lipinski definition) is 5. The number of H-pyrrole nitrogens is 1. The van der Waals surface area contributed by atoms with Crippen molar-refractivity contribution in [3.63, 3.8) is 0 Å². The average molecular weight is 396 g/mol. The van der Waals surface area contributed by atoms with Gasteiger partial charge in [0, 0.05) is 18.5 Å². The molecule has 28 heavy (non-hydrogen) atoms. The van der Waals surface area contributed by atoms with Crippen LogP contribution in [-0.4, -0.2) is 33.6 Å². The Bertz CT molecular complexity index is 940. The van der Waals surface area contributed by atoms with Crippen LogP contribution in [0.4, 0.5) is 23.4 Å². The van der Waals surface area contributed by atoms with Crippen LogP contribution in [0.25, 0.3) is 0 Å². The van der Waals surface area contributed by atoms with Crippen LogP contribution in [0.3, 0.4) is 0 Å². The van der Waals surface area contributed by atoms with E-state index in [2.05, 4.69) is 21.2 Å². The van der Waals surface area contributed by atoms with Crippen molar-refractivity contribution in [3.8, 4) is 0 Å². The summed E-state index contributed by atoms with van der Waals surface area (Å²) in [5, 5.41) is 8.45. The van der Waals surface area contributed by atoms with Gasteiger partial charge in [-0.3, -0.25) is 9.89 Å². The molecule has 0 radical (unpaired) electrons. The van der Waals surface area contributed by atoms with Crippen molar-refractivity contribution in [1.29, 1.82) is 0 Å². The minimum atomic E-state index is -4.87. The number of halogens is 4. The fraction of sp³-hybridized carbons (Fsp3) is 0.294. The summed E-state index contributed by atoms with van der Waals surface area (Å²) in [7, 11) is 0. The molecule has 0 unspecified atom stereocenters. The normalized spacial score (nSPS) is 19.7. The van der Waals surface area contributed by atoms with Gasteiger partial charge in [0.25, 0.3) is 5.91 Å². The van der Waals surface area contributed by atoms with Gasteiger partial charge in [-0.15, -0.1) is 5.53 Å². The average Bonchev–Trinajstić information content (AvgIpc) is 3.28. The van der Waals surface area contributed by atoms with Crippen molar-refractivity contribution < 1.29 is 22.4 Å². The van der Waals surface area contributed by atoms with E-state index in [1.165, 1.54) is 4.90 Å². The number of benzene rings is 1. The number of alkyl halides is 3. The second-order valence-electron chi connectivity index (χ2n) is 6.59. The van der Waals surface area contributed by atoms with Gasteiger partial charge in [0.15, 0.2) is 0 Å². The molecule has 1 amide bonds. The number of aromatic nitrogens is 2. The Morgan fingerprint density at radius 1 is 1.29 bits per heavy atom. The predicted molar refractivity (Wildman–Crippen MR) is 90.9 cm³/mol. The minimum Gasteiger partial charge on any atom is -0.330 e. The Morgan fingerprint density at radius 2 is 2.07 bits per heavy atom. The highest BCUT2D eigenvalue weighted by Gasteiger charge is 2.39. The summed E-state index contributed by atoms with van der Waals surface area (Å²) in [6.07, 6.45) is -2.86. The van der Waals surface area contributed by atoms with Gasteiger partial charge in [-0.1, -0.05) is 6.07 Å². The lowest BCUT2D eigenvalue weighted by Gasteiger charge is -2.35. The first kappa shape index (κ1) is 18.3. The SMILES string of the molecule is C[C@H]1CC2=C(CN1C(=O)c1cccc(C(F)(F)F)c1F)NNN2c1ccn[nH]1. The van der Waals surface area contributed by atoms with Crippen molar-refractivity contribution in [3.05, 3.63) is 58.8 Å². The third-order valence-corrected chi connectivity index (χ3v) is 4.81. The lowest BCUT2D eigenvalue weighted by Crippen LogP contribution is -2.45. The molecule has 0 spiro atoms. The molecule has 11 heteroatoms. The molecule has 0 bridgehead atoms. The Kier molecular flexibility index (Phi) is 4.26. The first-order valence-corrected chi connectivity index (χ1v) is 8.47. The molecule has 4 rings (SSSR count). The number of hydrogen-bond donors (Lipinski definition) is 3. The van der Waals surface area contributed by atoms with Crippen molar-refractivity contribution in [2.75, 3.05) is 11.6 Å². The standard InChI is InChI=1S/C17H16F4N6O/c1-9-7-13-12(23-25-27(13)14-5-6-22-24-14)8-26(9)16(28)10-3-2-4-11(15(10)18)17(19,20)21/h2-6,9,23,25H,7-8H2,1H3,(H,22,24)/t9-/m0/s1. The molecule has 7 nitrogen and oxygen atoms in total. The van der Waals surface area contributed by atoms with E-state index in [-0.39, 0.29) is 12.6 Å². The molecule has 2 aromatic rings. The number of carbonyl (C=O) groups excluding carboxylic acids is 1. The van der Waals surface area contributed by atoms with Gasteiger partial charge < -0.3 is 10.3 Å². The van der Waals surface area contributed by atoms with Crippen LogP contribution in [0.15, 0.2) is 41.9 Å². The third kappa shape index (κ3) is 2.97. The Morgan fingerprint density at radius 3 is 2.75 bits per heavy atom. The van der Waals surface area contributed by atoms with E-state index in [1.54, 1.807) is 24.2 Å². The van der Waals surface area contributed by atoms with Gasteiger partial charge in [-0.25, -0.2) is 9.40 Å². The third-order valence-electron chi connectivity index (χ3n) is 4.81. The molecule has 1 aromatic heterocycles. The molecule has 3 heterocycles. The highest BCUT2D eigenvalue weighted by atomic mass is 19.4. The number of rotatable bonds is 2. The molecule has 2 aliphatic heterocycles. The lowest BCUT2D eigenvalue weighted by molar-refractivity contribution is -0.140. The molecule has 0 aliphatic carbocycles. The van der Waals surface area contributed by atoms with Crippen LogP contribution in [0, 0.1) is 5.82 Å². The monoisotopic (exact) mass is 396 g/mol. The van der Waals surface area contributed by atoms with Gasteiger partial charge in [0.05, 0.1) is 35.3 Å². The van der Waals surface area contributed by atoms with Gasteiger partial charge >= 0.3 is 6.18 Å². The minimum absolute atomic E-state index is 0.0999. The zero-order valence-electron chi connectivity index (χ0n) is 14.6. The van der Waals surface area contributed by atoms with Crippen LogP contribution < -0.4 is 16.0 Å². The molecule has 0 saturated carbocycles. The van der Waals surface area contributed by atoms with Crippen LogP contribution in [-0.2, 0) is 6.18 Å². The molecule has 2 aliphatic rings. The highest BCUT2D eigenvalue weighted by molar-refractivity contribution is 5.95. The number of anilines is 1. The largest absolute Gasteiger partial charge is 0.419 e. The predicted octanol–water partition coefficient (Wildman–Crippen LogP) is 2.54. The summed E-state index contributed by atoms with van der Waals surface area (Å²) in [5.74, 6) is -1.65. The second kappa shape index (κ2) is 6.51. The molecular formula is C17H16F4N6O. The zero-order chi connectivity index (χ0) is 20.1. The van der Waals surface area contributed by atoms with Gasteiger partial charge in [-0.2, -0.15) is 18.3 Å². The van der Waals surface area contributed by atoms with E-state index in [1.807, 2.05) is 0 Å². The number of nitrogens with one attached hydrogen (secondary N) is 3. The quantitative estimate of drug-likeness (QED) is 0.681. The first-order chi connectivity index (χ1) is 13.3. The smallest absolute Gasteiger partial charge is 0.330 e. The zero-order valence-corrected chi connectivity index (χ0v) is 14.6. The summed E-state index contributed by atoms with van der Waals surface area (Å²) >= 11 is 0. The second-order valence-corrected chi connectivity index (χ2v) is 6.59. The summed E-state index contributed by atoms with van der Waals surface area (Å²) in [5.41, 5.74) is 5.38. The van der Waals surface area contributed by atoms with Gasteiger partial charge in [-0.05, 0) is 19.1 Å². The summed E-state index contributed by atoms with van der Waals surface area (Å²) in [6.45, 7) is 1.86. The van der Waals surface area contributed by atoms with Crippen molar-refractivity contribution in [2.45, 2.75) is 25.6 Å². The van der Waals surface area contributed by atoms with Gasteiger partial charge in [0.1, 0.15) is 11.6 Å². The van der Waals surface area contributed by atoms with E-state index in [4.69, 9.17) is 0 Å². The fourth-order valence-corrected chi connectivity index (χ4v) is 3.38. The van der Waals surface area contributed by atoms with Crippen LogP contribution >= 0.6 is 0 Å². The number of nitrogens with zero attached hydrogens (tertiary/aromatic N) is 3. The summed E-state index contributed by atoms with van der Waals surface area (Å²) in [4.78, 5) is 14.2. The summed E-state index contributed by atoms with van der Waals surface area (Å²) in [6, 6.07) is 4.13. The van der Waals surface area contributed by atoms with Crippen molar-refractivity contribution >= 4 is 11.7 Å². The molecular weight excluding hydrogens is 380 g/mol. The van der Waals surface area contributed by atoms with Gasteiger partial charge in [0.2, 0.25) is 0 Å². The first-order valence-electron chi connectivity index (χ1n) is 8.47. The maximum absolute atomic E-state index is 14.4. The number of aromatic amines is 1. The number of hydrazine groups is 2. The fourth-order valence-electron chi connectivity index (χ4n) is 3.38. The topological polar surface area (TPSA) is 76.3 Å². The Labute approximate surface area is 156 Å². The molecule has 148 valence electrons. The lowest BCUT2D eigenvalue weighted by atomic mass is 10.0. The van der Waals surface area contributed by atoms with E-state index < -0.39 is 29.0 Å². The number of amides is 1. The van der Waals surface area contributed by atoms with Crippen LogP contribution in [0.2, 0.25) is 0 Å². The summed E-state index contributed by atoms with van der Waals surface area (Å²) < 4.78 is 53.3. The van der Waals surface area contributed by atoms with Crippen LogP contribution in [0.5, 0.6) is 0 Å². The Hall–Kier alpha value is -3.08. The number of carbonyl (C=O) groups is 1. The molecule has 1 atom stereocenters.